The first kappa shape index (κ1) is 17.3. The third-order valence-electron chi connectivity index (χ3n) is 2.74. The van der Waals surface area contributed by atoms with Crippen molar-refractivity contribution in [2.45, 2.75) is 0 Å². The largest absolute Gasteiger partial charge is 0.489 e. The maximum atomic E-state index is 13.3. The number of para-hydroxylation sites is 1. The number of hydrogen-bond donors (Lipinski definition) is 2. The number of rotatable bonds is 5. The summed E-state index contributed by atoms with van der Waals surface area (Å²) < 4.78 is 31.2. The van der Waals surface area contributed by atoms with Gasteiger partial charge in [0.1, 0.15) is 12.4 Å². The van der Waals surface area contributed by atoms with E-state index in [9.17, 15) is 13.6 Å². The van der Waals surface area contributed by atoms with Crippen molar-refractivity contribution in [1.29, 1.82) is 0 Å². The molecule has 2 amide bonds. The van der Waals surface area contributed by atoms with Crippen LogP contribution in [-0.4, -0.2) is 19.2 Å². The molecule has 0 saturated heterocycles. The second-order valence-electron chi connectivity index (χ2n) is 4.40. The van der Waals surface area contributed by atoms with Gasteiger partial charge in [-0.05, 0) is 24.3 Å². The average molecular weight is 361 g/mol. The second kappa shape index (κ2) is 7.99. The minimum Gasteiger partial charge on any atom is -0.489 e. The van der Waals surface area contributed by atoms with Crippen molar-refractivity contribution in [3.05, 3.63) is 58.1 Å². The van der Waals surface area contributed by atoms with Gasteiger partial charge in [-0.15, -0.1) is 0 Å². The van der Waals surface area contributed by atoms with Gasteiger partial charge in [0.2, 0.25) is 0 Å². The first-order chi connectivity index (χ1) is 11.0. The molecule has 2 aromatic rings. The molecule has 0 aliphatic heterocycles. The maximum Gasteiger partial charge on any atom is 0.319 e. The molecular formula is C15H12Cl2F2N2O2. The Morgan fingerprint density at radius 2 is 1.83 bits per heavy atom. The van der Waals surface area contributed by atoms with E-state index in [0.717, 1.165) is 12.1 Å². The molecular weight excluding hydrogens is 349 g/mol. The lowest BCUT2D eigenvalue weighted by molar-refractivity contribution is 0.246. The van der Waals surface area contributed by atoms with Crippen LogP contribution in [-0.2, 0) is 0 Å². The molecule has 0 unspecified atom stereocenters. The Bertz CT molecular complexity index is 694. The average Bonchev–Trinajstić information content (AvgIpc) is 2.49. The molecule has 2 aromatic carbocycles. The van der Waals surface area contributed by atoms with Crippen LogP contribution in [0.4, 0.5) is 19.3 Å². The van der Waals surface area contributed by atoms with Crippen LogP contribution in [0.15, 0.2) is 36.4 Å². The van der Waals surface area contributed by atoms with E-state index in [1.807, 2.05) is 0 Å². The van der Waals surface area contributed by atoms with E-state index in [0.29, 0.717) is 15.7 Å². The summed E-state index contributed by atoms with van der Waals surface area (Å²) in [5, 5.41) is 5.61. The fourth-order valence-electron chi connectivity index (χ4n) is 1.69. The molecule has 0 atom stereocenters. The summed E-state index contributed by atoms with van der Waals surface area (Å²) in [6.07, 6.45) is 0. The minimum atomic E-state index is -0.808. The number of ether oxygens (including phenoxy) is 1. The Kier molecular flexibility index (Phi) is 6.01. The molecule has 0 fully saturated rings. The lowest BCUT2D eigenvalue weighted by Crippen LogP contribution is -2.32. The molecule has 8 heteroatoms. The van der Waals surface area contributed by atoms with Gasteiger partial charge < -0.3 is 15.4 Å². The van der Waals surface area contributed by atoms with E-state index in [4.69, 9.17) is 27.9 Å². The van der Waals surface area contributed by atoms with Crippen LogP contribution >= 0.6 is 23.2 Å². The number of anilines is 1. The van der Waals surface area contributed by atoms with Crippen LogP contribution in [0.3, 0.4) is 0 Å². The van der Waals surface area contributed by atoms with Gasteiger partial charge in [0.15, 0.2) is 11.6 Å². The number of benzene rings is 2. The Labute approximate surface area is 141 Å². The Morgan fingerprint density at radius 1 is 1.13 bits per heavy atom. The highest BCUT2D eigenvalue weighted by atomic mass is 35.5. The highest BCUT2D eigenvalue weighted by molar-refractivity contribution is 6.39. The molecule has 2 rings (SSSR count). The third kappa shape index (κ3) is 4.97. The topological polar surface area (TPSA) is 50.4 Å². The van der Waals surface area contributed by atoms with Gasteiger partial charge in [-0.25, -0.2) is 13.6 Å². The van der Waals surface area contributed by atoms with Crippen LogP contribution < -0.4 is 15.4 Å². The monoisotopic (exact) mass is 360 g/mol. The van der Waals surface area contributed by atoms with E-state index >= 15 is 0 Å². The molecule has 0 heterocycles. The summed E-state index contributed by atoms with van der Waals surface area (Å²) in [6.45, 7) is 0.108. The molecule has 0 saturated carbocycles. The lowest BCUT2D eigenvalue weighted by Gasteiger charge is -2.11. The molecule has 4 nitrogen and oxygen atoms in total. The molecule has 2 N–H and O–H groups in total. The van der Waals surface area contributed by atoms with Gasteiger partial charge in [-0.3, -0.25) is 0 Å². The number of nitrogens with one attached hydrogen (secondary N) is 2. The zero-order chi connectivity index (χ0) is 16.8. The quantitative estimate of drug-likeness (QED) is 0.772. The highest BCUT2D eigenvalue weighted by Gasteiger charge is 2.09. The molecule has 0 bridgehead atoms. The van der Waals surface area contributed by atoms with Crippen molar-refractivity contribution in [3.63, 3.8) is 0 Å². The van der Waals surface area contributed by atoms with Crippen molar-refractivity contribution in [1.82, 2.24) is 5.32 Å². The van der Waals surface area contributed by atoms with Gasteiger partial charge in [0.25, 0.3) is 0 Å². The number of carbonyl (C=O) groups is 1. The van der Waals surface area contributed by atoms with Crippen molar-refractivity contribution < 1.29 is 18.3 Å². The van der Waals surface area contributed by atoms with Crippen molar-refractivity contribution in [2.24, 2.45) is 0 Å². The number of amides is 2. The predicted molar refractivity (Wildman–Crippen MR) is 85.3 cm³/mol. The van der Waals surface area contributed by atoms with Gasteiger partial charge in [0, 0.05) is 6.07 Å². The number of urea groups is 1. The summed E-state index contributed by atoms with van der Waals surface area (Å²) in [4.78, 5) is 11.7. The number of halogens is 4. The van der Waals surface area contributed by atoms with Crippen LogP contribution in [0.2, 0.25) is 10.0 Å². The van der Waals surface area contributed by atoms with Gasteiger partial charge in [0.05, 0.1) is 22.3 Å². The Morgan fingerprint density at radius 3 is 2.48 bits per heavy atom. The van der Waals surface area contributed by atoms with Crippen LogP contribution in [0.5, 0.6) is 5.75 Å². The Hall–Kier alpha value is -2.05. The first-order valence-corrected chi connectivity index (χ1v) is 7.29. The summed E-state index contributed by atoms with van der Waals surface area (Å²) >= 11 is 11.8. The highest BCUT2D eigenvalue weighted by Crippen LogP contribution is 2.29. The van der Waals surface area contributed by atoms with E-state index in [1.165, 1.54) is 6.07 Å². The van der Waals surface area contributed by atoms with Crippen LogP contribution in [0.25, 0.3) is 0 Å². The molecule has 0 aliphatic carbocycles. The third-order valence-corrected chi connectivity index (χ3v) is 3.37. The normalized spacial score (nSPS) is 10.3. The SMILES string of the molecule is O=C(NCCOc1ccc(F)cc1F)Nc1c(Cl)cccc1Cl. The Balaban J connectivity index is 1.79. The molecule has 0 aromatic heterocycles. The van der Waals surface area contributed by atoms with E-state index in [1.54, 1.807) is 18.2 Å². The van der Waals surface area contributed by atoms with Crippen LogP contribution in [0.1, 0.15) is 0 Å². The zero-order valence-corrected chi connectivity index (χ0v) is 13.2. The fourth-order valence-corrected chi connectivity index (χ4v) is 2.18. The maximum absolute atomic E-state index is 13.3. The number of hydrogen-bond acceptors (Lipinski definition) is 2. The van der Waals surface area contributed by atoms with E-state index in [-0.39, 0.29) is 18.9 Å². The standard InChI is InChI=1S/C15H12Cl2F2N2O2/c16-10-2-1-3-11(17)14(10)21-15(22)20-6-7-23-13-5-4-9(18)8-12(13)19/h1-5,8H,6-7H2,(H2,20,21,22). The van der Waals surface area contributed by atoms with Gasteiger partial charge in [-0.1, -0.05) is 29.3 Å². The summed E-state index contributed by atoms with van der Waals surface area (Å²) in [7, 11) is 0. The first-order valence-electron chi connectivity index (χ1n) is 6.54. The number of carbonyl (C=O) groups excluding carboxylic acids is 1. The zero-order valence-electron chi connectivity index (χ0n) is 11.7. The molecule has 122 valence electrons. The van der Waals surface area contributed by atoms with Crippen molar-refractivity contribution in [3.8, 4) is 5.75 Å². The molecule has 0 radical (unpaired) electrons. The van der Waals surface area contributed by atoms with Crippen molar-refractivity contribution in [2.75, 3.05) is 18.5 Å². The second-order valence-corrected chi connectivity index (χ2v) is 5.22. The van der Waals surface area contributed by atoms with Gasteiger partial charge >= 0.3 is 6.03 Å². The minimum absolute atomic E-state index is 0.00618. The smallest absolute Gasteiger partial charge is 0.319 e. The summed E-state index contributed by atoms with van der Waals surface area (Å²) in [6, 6.07) is 7.26. The van der Waals surface area contributed by atoms with E-state index < -0.39 is 17.7 Å². The molecule has 0 spiro atoms. The van der Waals surface area contributed by atoms with Crippen molar-refractivity contribution >= 4 is 34.9 Å². The predicted octanol–water partition coefficient (Wildman–Crippen LogP) is 4.47. The summed E-state index contributed by atoms with van der Waals surface area (Å²) in [5.41, 5.74) is 0.291. The molecule has 23 heavy (non-hydrogen) atoms. The van der Waals surface area contributed by atoms with Crippen LogP contribution in [0, 0.1) is 11.6 Å². The van der Waals surface area contributed by atoms with Gasteiger partial charge in [-0.2, -0.15) is 0 Å². The summed E-state index contributed by atoms with van der Waals surface area (Å²) in [5.74, 6) is -1.59. The fraction of sp³-hybridized carbons (Fsp3) is 0.133. The lowest BCUT2D eigenvalue weighted by atomic mass is 10.3. The molecule has 0 aliphatic rings. The van der Waals surface area contributed by atoms with E-state index in [2.05, 4.69) is 10.6 Å².